The molecule has 0 saturated heterocycles. The number of carboxylic acid groups (broad SMARTS) is 1. The van der Waals surface area contributed by atoms with Gasteiger partial charge in [0.05, 0.1) is 4.92 Å². The van der Waals surface area contributed by atoms with Crippen LogP contribution in [0.25, 0.3) is 0 Å². The number of aromatic nitrogens is 1. The van der Waals surface area contributed by atoms with Gasteiger partial charge in [0.2, 0.25) is 0 Å². The Morgan fingerprint density at radius 3 is 2.50 bits per heavy atom. The normalized spacial score (nSPS) is 10.4. The van der Waals surface area contributed by atoms with Gasteiger partial charge in [0.1, 0.15) is 11.8 Å². The molecular weight excluding hydrogens is 230 g/mol. The molecule has 0 fully saturated rings. The Balaban J connectivity index is 3.54. The maximum atomic E-state index is 12.4. The lowest BCUT2D eigenvalue weighted by molar-refractivity contribution is -0.386. The van der Waals surface area contributed by atoms with Crippen LogP contribution in [0.2, 0.25) is 0 Å². The third-order valence-electron chi connectivity index (χ3n) is 1.69. The molecule has 1 aromatic rings. The van der Waals surface area contributed by atoms with Crippen LogP contribution in [0.5, 0.6) is 5.75 Å². The Bertz CT molecular complexity index is 462. The van der Waals surface area contributed by atoms with Crippen molar-refractivity contribution in [3.63, 3.8) is 0 Å². The van der Waals surface area contributed by atoms with Crippen LogP contribution in [0.3, 0.4) is 0 Å². The van der Waals surface area contributed by atoms with Gasteiger partial charge in [-0.1, -0.05) is 0 Å². The molecule has 0 atom stereocenters. The predicted molar refractivity (Wildman–Crippen MR) is 44.5 cm³/mol. The van der Waals surface area contributed by atoms with Gasteiger partial charge in [-0.2, -0.15) is 0 Å². The minimum absolute atomic E-state index is 0.366. The quantitative estimate of drug-likeness (QED) is 0.602. The summed E-state index contributed by atoms with van der Waals surface area (Å²) in [7, 11) is 0. The second-order valence-corrected chi connectivity index (χ2v) is 2.62. The molecule has 86 valence electrons. The van der Waals surface area contributed by atoms with Crippen molar-refractivity contribution >= 4 is 11.7 Å². The summed E-state index contributed by atoms with van der Waals surface area (Å²) < 4.78 is 24.8. The summed E-state index contributed by atoms with van der Waals surface area (Å²) in [5, 5.41) is 27.9. The van der Waals surface area contributed by atoms with Gasteiger partial charge in [-0.25, -0.2) is 18.6 Å². The van der Waals surface area contributed by atoms with Crippen molar-refractivity contribution in [3.8, 4) is 5.75 Å². The van der Waals surface area contributed by atoms with E-state index in [0.717, 1.165) is 0 Å². The van der Waals surface area contributed by atoms with Gasteiger partial charge in [-0.15, -0.1) is 0 Å². The molecular formula is C7H4F2N2O5. The zero-order valence-corrected chi connectivity index (χ0v) is 7.42. The van der Waals surface area contributed by atoms with Crippen LogP contribution in [0.15, 0.2) is 6.20 Å². The predicted octanol–water partition coefficient (Wildman–Crippen LogP) is 1.33. The third kappa shape index (κ3) is 1.87. The van der Waals surface area contributed by atoms with E-state index >= 15 is 0 Å². The first-order chi connectivity index (χ1) is 7.36. The van der Waals surface area contributed by atoms with E-state index in [1.165, 1.54) is 0 Å². The molecule has 0 saturated carbocycles. The standard InChI is InChI=1S/C7H4F2N2O5/c8-6(9)3-2(11(15)16)1-10-4(5(3)12)7(13)14/h1,6,12H,(H,13,14). The highest BCUT2D eigenvalue weighted by Crippen LogP contribution is 2.37. The largest absolute Gasteiger partial charge is 0.505 e. The van der Waals surface area contributed by atoms with Crippen LogP contribution >= 0.6 is 0 Å². The number of rotatable bonds is 3. The number of nitro groups is 1. The van der Waals surface area contributed by atoms with Crippen molar-refractivity contribution in [2.45, 2.75) is 6.43 Å². The summed E-state index contributed by atoms with van der Waals surface area (Å²) in [5.74, 6) is -3.15. The summed E-state index contributed by atoms with van der Waals surface area (Å²) in [6.07, 6.45) is -3.01. The van der Waals surface area contributed by atoms with Crippen LogP contribution < -0.4 is 0 Å². The molecule has 0 radical (unpaired) electrons. The number of aromatic hydroxyl groups is 1. The number of pyridine rings is 1. The van der Waals surface area contributed by atoms with E-state index in [9.17, 15) is 23.7 Å². The molecule has 16 heavy (non-hydrogen) atoms. The number of alkyl halides is 2. The van der Waals surface area contributed by atoms with Gasteiger partial charge in [-0.05, 0) is 0 Å². The number of hydrogen-bond acceptors (Lipinski definition) is 5. The molecule has 9 heteroatoms. The molecule has 0 spiro atoms. The Morgan fingerprint density at radius 2 is 2.12 bits per heavy atom. The average molecular weight is 234 g/mol. The molecule has 0 amide bonds. The Labute approximate surface area is 86.1 Å². The zero-order chi connectivity index (χ0) is 12.5. The maximum absolute atomic E-state index is 12.4. The van der Waals surface area contributed by atoms with Crippen molar-refractivity contribution < 1.29 is 28.7 Å². The highest BCUT2D eigenvalue weighted by atomic mass is 19.3. The summed E-state index contributed by atoms with van der Waals surface area (Å²) in [4.78, 5) is 22.6. The van der Waals surface area contributed by atoms with Crippen LogP contribution in [0.1, 0.15) is 22.5 Å². The molecule has 1 rings (SSSR count). The minimum atomic E-state index is -3.37. The lowest BCUT2D eigenvalue weighted by atomic mass is 10.1. The Kier molecular flexibility index (Phi) is 2.97. The molecule has 1 aromatic heterocycles. The molecule has 1 heterocycles. The fourth-order valence-electron chi connectivity index (χ4n) is 1.02. The van der Waals surface area contributed by atoms with Gasteiger partial charge in [0.25, 0.3) is 12.1 Å². The van der Waals surface area contributed by atoms with E-state index < -0.39 is 40.0 Å². The second-order valence-electron chi connectivity index (χ2n) is 2.62. The smallest absolute Gasteiger partial charge is 0.358 e. The lowest BCUT2D eigenvalue weighted by Gasteiger charge is -2.05. The van der Waals surface area contributed by atoms with E-state index in [0.29, 0.717) is 6.20 Å². The van der Waals surface area contributed by atoms with Crippen molar-refractivity contribution in [1.29, 1.82) is 0 Å². The molecule has 0 aromatic carbocycles. The number of carboxylic acids is 1. The first kappa shape index (κ1) is 11.8. The number of hydrogen-bond donors (Lipinski definition) is 2. The van der Waals surface area contributed by atoms with Crippen LogP contribution in [0.4, 0.5) is 14.5 Å². The minimum Gasteiger partial charge on any atom is -0.505 e. The zero-order valence-electron chi connectivity index (χ0n) is 7.42. The lowest BCUT2D eigenvalue weighted by Crippen LogP contribution is -2.06. The van der Waals surface area contributed by atoms with Crippen molar-refractivity contribution in [1.82, 2.24) is 4.98 Å². The molecule has 0 unspecified atom stereocenters. The Morgan fingerprint density at radius 1 is 1.56 bits per heavy atom. The van der Waals surface area contributed by atoms with Crippen molar-refractivity contribution in [2.24, 2.45) is 0 Å². The average Bonchev–Trinajstić information content (AvgIpc) is 2.15. The highest BCUT2D eigenvalue weighted by molar-refractivity contribution is 5.89. The van der Waals surface area contributed by atoms with E-state index in [4.69, 9.17) is 10.2 Å². The monoisotopic (exact) mass is 234 g/mol. The number of carbonyl (C=O) groups is 1. The topological polar surface area (TPSA) is 114 Å². The van der Waals surface area contributed by atoms with E-state index in [-0.39, 0.29) is 0 Å². The second kappa shape index (κ2) is 4.04. The molecule has 7 nitrogen and oxygen atoms in total. The molecule has 0 bridgehead atoms. The van der Waals surface area contributed by atoms with Gasteiger partial charge in [0.15, 0.2) is 11.4 Å². The van der Waals surface area contributed by atoms with Crippen molar-refractivity contribution in [3.05, 3.63) is 27.6 Å². The first-order valence-electron chi connectivity index (χ1n) is 3.74. The first-order valence-corrected chi connectivity index (χ1v) is 3.74. The summed E-state index contributed by atoms with van der Waals surface area (Å²) in [6.45, 7) is 0. The molecule has 2 N–H and O–H groups in total. The van der Waals surface area contributed by atoms with Gasteiger partial charge >= 0.3 is 5.97 Å². The summed E-state index contributed by atoms with van der Waals surface area (Å²) >= 11 is 0. The molecule has 0 aliphatic rings. The molecule has 0 aliphatic heterocycles. The molecule has 0 aliphatic carbocycles. The van der Waals surface area contributed by atoms with E-state index in [1.807, 2.05) is 0 Å². The van der Waals surface area contributed by atoms with E-state index in [2.05, 4.69) is 4.98 Å². The van der Waals surface area contributed by atoms with Gasteiger partial charge in [0, 0.05) is 0 Å². The van der Waals surface area contributed by atoms with Crippen LogP contribution in [-0.2, 0) is 0 Å². The fraction of sp³-hybridized carbons (Fsp3) is 0.143. The number of nitrogens with zero attached hydrogens (tertiary/aromatic N) is 2. The maximum Gasteiger partial charge on any atom is 0.358 e. The Hall–Kier alpha value is -2.32. The fourth-order valence-corrected chi connectivity index (χ4v) is 1.02. The van der Waals surface area contributed by atoms with Crippen molar-refractivity contribution in [2.75, 3.05) is 0 Å². The highest BCUT2D eigenvalue weighted by Gasteiger charge is 2.30. The van der Waals surface area contributed by atoms with Gasteiger partial charge < -0.3 is 10.2 Å². The SMILES string of the molecule is O=C(O)c1ncc([N+](=O)[O-])c(C(F)F)c1O. The van der Waals surface area contributed by atoms with Gasteiger partial charge in [-0.3, -0.25) is 10.1 Å². The third-order valence-corrected chi connectivity index (χ3v) is 1.69. The van der Waals surface area contributed by atoms with Crippen LogP contribution in [0, 0.1) is 10.1 Å². The number of aromatic carboxylic acids is 1. The van der Waals surface area contributed by atoms with E-state index in [1.54, 1.807) is 0 Å². The van der Waals surface area contributed by atoms with Crippen LogP contribution in [-0.4, -0.2) is 26.1 Å². The summed E-state index contributed by atoms with van der Waals surface area (Å²) in [5.41, 5.74) is -3.53. The number of halogens is 2. The summed E-state index contributed by atoms with van der Waals surface area (Å²) in [6, 6.07) is 0.